The monoisotopic (exact) mass is 419 g/mol. The van der Waals surface area contributed by atoms with Crippen molar-refractivity contribution in [2.24, 2.45) is 11.3 Å². The van der Waals surface area contributed by atoms with Gasteiger partial charge in [-0.25, -0.2) is 4.98 Å². The van der Waals surface area contributed by atoms with Crippen LogP contribution in [0.3, 0.4) is 0 Å². The summed E-state index contributed by atoms with van der Waals surface area (Å²) in [7, 11) is 0. The number of pyridine rings is 1. The molecule has 0 atom stereocenters. The summed E-state index contributed by atoms with van der Waals surface area (Å²) in [5.41, 5.74) is 0.337. The van der Waals surface area contributed by atoms with Crippen LogP contribution in [0.2, 0.25) is 0 Å². The Morgan fingerprint density at radius 1 is 0.900 bits per heavy atom. The predicted molar refractivity (Wildman–Crippen MR) is 119 cm³/mol. The molecular weight excluding hydrogens is 378 g/mol. The number of hydrogen-bond donors (Lipinski definition) is 0. The summed E-state index contributed by atoms with van der Waals surface area (Å²) < 4.78 is 23.6. The fourth-order valence-corrected chi connectivity index (χ4v) is 4.24. The molecule has 0 saturated heterocycles. The van der Waals surface area contributed by atoms with E-state index in [2.05, 4.69) is 46.5 Å². The minimum atomic E-state index is -0.0928. The van der Waals surface area contributed by atoms with Gasteiger partial charge in [-0.05, 0) is 57.4 Å². The largest absolute Gasteiger partial charge is 0.492 e. The molecule has 0 aromatic carbocycles. The molecule has 0 spiro atoms. The zero-order valence-electron chi connectivity index (χ0n) is 19.8. The quantitative estimate of drug-likeness (QED) is 0.448. The summed E-state index contributed by atoms with van der Waals surface area (Å²) in [5.74, 6) is 2.27. The van der Waals surface area contributed by atoms with Gasteiger partial charge in [0.2, 0.25) is 5.88 Å². The topological polar surface area (TPSA) is 49.8 Å². The smallest absolute Gasteiger partial charge is 0.213 e. The second-order valence-corrected chi connectivity index (χ2v) is 11.2. The highest BCUT2D eigenvalue weighted by atomic mass is 16.5. The van der Waals surface area contributed by atoms with Gasteiger partial charge >= 0.3 is 0 Å². The van der Waals surface area contributed by atoms with Gasteiger partial charge in [-0.3, -0.25) is 0 Å². The molecule has 0 amide bonds. The van der Waals surface area contributed by atoms with E-state index in [0.29, 0.717) is 30.1 Å². The van der Waals surface area contributed by atoms with Crippen molar-refractivity contribution < 1.29 is 18.9 Å². The van der Waals surface area contributed by atoms with Crippen LogP contribution < -0.4 is 9.47 Å². The summed E-state index contributed by atoms with van der Waals surface area (Å²) in [5, 5.41) is 0. The molecule has 0 unspecified atom stereocenters. The Morgan fingerprint density at radius 2 is 1.63 bits per heavy atom. The fourth-order valence-electron chi connectivity index (χ4n) is 4.24. The van der Waals surface area contributed by atoms with Crippen LogP contribution in [0.5, 0.6) is 11.6 Å². The van der Waals surface area contributed by atoms with Crippen molar-refractivity contribution >= 4 is 0 Å². The molecule has 5 nitrogen and oxygen atoms in total. The lowest BCUT2D eigenvalue weighted by atomic mass is 9.73. The van der Waals surface area contributed by atoms with Crippen molar-refractivity contribution in [2.75, 3.05) is 13.2 Å². The van der Waals surface area contributed by atoms with Crippen LogP contribution >= 0.6 is 0 Å². The zero-order chi connectivity index (χ0) is 21.8. The SMILES string of the molecule is CC(C)(C)CC1CC(OCCCOc2ccc(OC3CC(OC(C)(C)C)C3)nc2)C1. The van der Waals surface area contributed by atoms with Crippen LogP contribution in [-0.4, -0.2) is 42.1 Å². The van der Waals surface area contributed by atoms with Gasteiger partial charge in [0.1, 0.15) is 11.9 Å². The highest BCUT2D eigenvalue weighted by Crippen LogP contribution is 2.38. The molecule has 1 heterocycles. The standard InChI is InChI=1S/C25H41NO4/c1-24(2,3)16-18-12-20(13-18)28-11-7-10-27-19-8-9-23(26-17-19)29-21-14-22(15-21)30-25(4,5)6/h8-9,17-18,20-22H,7,10-16H2,1-6H3. The van der Waals surface area contributed by atoms with Crippen LogP contribution in [0, 0.1) is 11.3 Å². The lowest BCUT2D eigenvalue weighted by Crippen LogP contribution is -2.43. The van der Waals surface area contributed by atoms with E-state index in [1.807, 2.05) is 12.1 Å². The van der Waals surface area contributed by atoms with E-state index in [0.717, 1.165) is 37.5 Å². The molecule has 1 aromatic rings. The third-order valence-corrected chi connectivity index (χ3v) is 5.57. The van der Waals surface area contributed by atoms with Gasteiger partial charge in [-0.15, -0.1) is 0 Å². The third kappa shape index (κ3) is 8.07. The second-order valence-electron chi connectivity index (χ2n) is 11.2. The molecule has 0 bridgehead atoms. The molecular formula is C25H41NO4. The zero-order valence-corrected chi connectivity index (χ0v) is 19.8. The van der Waals surface area contributed by atoms with Gasteiger partial charge in [0, 0.05) is 25.3 Å². The summed E-state index contributed by atoms with van der Waals surface area (Å²) in [4.78, 5) is 4.37. The normalized spacial score (nSPS) is 26.6. The Hall–Kier alpha value is -1.33. The number of hydrogen-bond acceptors (Lipinski definition) is 5. The van der Waals surface area contributed by atoms with E-state index >= 15 is 0 Å². The first kappa shape index (κ1) is 23.3. The minimum Gasteiger partial charge on any atom is -0.492 e. The van der Waals surface area contributed by atoms with Gasteiger partial charge in [0.25, 0.3) is 0 Å². The molecule has 2 fully saturated rings. The van der Waals surface area contributed by atoms with Gasteiger partial charge in [-0.2, -0.15) is 0 Å². The second kappa shape index (κ2) is 9.86. The van der Waals surface area contributed by atoms with Gasteiger partial charge < -0.3 is 18.9 Å². The summed E-state index contributed by atoms with van der Waals surface area (Å²) in [6.07, 6.45) is 9.17. The van der Waals surface area contributed by atoms with Crippen LogP contribution in [0.1, 0.15) is 80.1 Å². The molecule has 1 aromatic heterocycles. The van der Waals surface area contributed by atoms with Crippen molar-refractivity contribution in [2.45, 2.75) is 104 Å². The maximum absolute atomic E-state index is 5.96. The van der Waals surface area contributed by atoms with Crippen LogP contribution in [0.15, 0.2) is 18.3 Å². The van der Waals surface area contributed by atoms with Crippen molar-refractivity contribution in [1.29, 1.82) is 0 Å². The molecule has 0 aliphatic heterocycles. The van der Waals surface area contributed by atoms with E-state index in [9.17, 15) is 0 Å². The van der Waals surface area contributed by atoms with Crippen LogP contribution in [0.4, 0.5) is 0 Å². The molecule has 170 valence electrons. The van der Waals surface area contributed by atoms with Crippen LogP contribution in [0.25, 0.3) is 0 Å². The molecule has 2 aliphatic carbocycles. The third-order valence-electron chi connectivity index (χ3n) is 5.57. The first-order valence-corrected chi connectivity index (χ1v) is 11.6. The number of ether oxygens (including phenoxy) is 4. The van der Waals surface area contributed by atoms with Crippen LogP contribution in [-0.2, 0) is 9.47 Å². The Bertz CT molecular complexity index is 635. The highest BCUT2D eigenvalue weighted by Gasteiger charge is 2.35. The van der Waals surface area contributed by atoms with E-state index in [4.69, 9.17) is 18.9 Å². The average Bonchev–Trinajstić information content (AvgIpc) is 2.56. The molecule has 0 radical (unpaired) electrons. The Balaban J connectivity index is 1.22. The summed E-state index contributed by atoms with van der Waals surface area (Å²) in [6, 6.07) is 3.81. The van der Waals surface area contributed by atoms with E-state index in [1.54, 1.807) is 6.20 Å². The number of nitrogens with zero attached hydrogens (tertiary/aromatic N) is 1. The van der Waals surface area contributed by atoms with Crippen molar-refractivity contribution in [3.8, 4) is 11.6 Å². The summed E-state index contributed by atoms with van der Waals surface area (Å²) >= 11 is 0. The maximum atomic E-state index is 5.96. The van der Waals surface area contributed by atoms with Crippen molar-refractivity contribution in [1.82, 2.24) is 4.98 Å². The fraction of sp³-hybridized carbons (Fsp3) is 0.800. The lowest BCUT2D eigenvalue weighted by Gasteiger charge is -2.38. The lowest BCUT2D eigenvalue weighted by molar-refractivity contribution is -0.127. The molecule has 0 N–H and O–H groups in total. The van der Waals surface area contributed by atoms with Gasteiger partial charge in [-0.1, -0.05) is 20.8 Å². The maximum Gasteiger partial charge on any atom is 0.213 e. The van der Waals surface area contributed by atoms with E-state index < -0.39 is 0 Å². The Labute approximate surface area is 182 Å². The predicted octanol–water partition coefficient (Wildman–Crippen LogP) is 5.81. The Kier molecular flexibility index (Phi) is 7.67. The first-order valence-electron chi connectivity index (χ1n) is 11.6. The van der Waals surface area contributed by atoms with Crippen molar-refractivity contribution in [3.63, 3.8) is 0 Å². The molecule has 2 saturated carbocycles. The van der Waals surface area contributed by atoms with Crippen molar-refractivity contribution in [3.05, 3.63) is 18.3 Å². The number of rotatable bonds is 10. The Morgan fingerprint density at radius 3 is 2.23 bits per heavy atom. The van der Waals surface area contributed by atoms with Gasteiger partial charge in [0.05, 0.1) is 37.2 Å². The van der Waals surface area contributed by atoms with E-state index in [-0.39, 0.29) is 11.7 Å². The summed E-state index contributed by atoms with van der Waals surface area (Å²) in [6.45, 7) is 14.6. The highest BCUT2D eigenvalue weighted by molar-refractivity contribution is 5.23. The van der Waals surface area contributed by atoms with E-state index in [1.165, 1.54) is 19.3 Å². The molecule has 3 rings (SSSR count). The van der Waals surface area contributed by atoms with Gasteiger partial charge in [0.15, 0.2) is 0 Å². The molecule has 5 heteroatoms. The number of aromatic nitrogens is 1. The molecule has 2 aliphatic rings. The first-order chi connectivity index (χ1) is 14.1. The minimum absolute atomic E-state index is 0.0928. The molecule has 30 heavy (non-hydrogen) atoms. The average molecular weight is 420 g/mol.